The molecule has 138 valence electrons. The van der Waals surface area contributed by atoms with E-state index in [0.717, 1.165) is 71.9 Å². The quantitative estimate of drug-likeness (QED) is 0.714. The standard InChI is InChI=1S/C22H26O4/c1-12-5-4-8-22(10-12)11-18(23)17-9-16-14-6-3-7-15(14)21(24)25-19(16)13(2)20(17)26-22/h9,12,18,23H,3-8,10-11H2,1-2H3/t12?,18?,22-/m1/s1. The number of hydrogen-bond donors (Lipinski definition) is 1. The minimum Gasteiger partial charge on any atom is -0.486 e. The fraction of sp³-hybridized carbons (Fsp3) is 0.591. The maximum Gasteiger partial charge on any atom is 0.339 e. The molecule has 0 amide bonds. The molecule has 0 radical (unpaired) electrons. The van der Waals surface area contributed by atoms with Gasteiger partial charge in [-0.25, -0.2) is 4.79 Å². The molecule has 3 atom stereocenters. The molecule has 4 nitrogen and oxygen atoms in total. The van der Waals surface area contributed by atoms with Gasteiger partial charge in [0.05, 0.1) is 6.10 Å². The van der Waals surface area contributed by atoms with Crippen molar-refractivity contribution >= 4 is 11.0 Å². The Morgan fingerprint density at radius 2 is 2.00 bits per heavy atom. The van der Waals surface area contributed by atoms with Crippen LogP contribution < -0.4 is 10.4 Å². The van der Waals surface area contributed by atoms with E-state index in [0.29, 0.717) is 17.9 Å². The van der Waals surface area contributed by atoms with E-state index < -0.39 is 6.10 Å². The second-order valence-corrected chi connectivity index (χ2v) is 8.70. The molecule has 26 heavy (non-hydrogen) atoms. The van der Waals surface area contributed by atoms with Crippen LogP contribution in [0.5, 0.6) is 5.75 Å². The average Bonchev–Trinajstić information content (AvgIpc) is 3.08. The van der Waals surface area contributed by atoms with Gasteiger partial charge in [-0.1, -0.05) is 13.3 Å². The number of rotatable bonds is 0. The Bertz CT molecular complexity index is 957. The van der Waals surface area contributed by atoms with E-state index in [2.05, 4.69) is 6.92 Å². The van der Waals surface area contributed by atoms with E-state index in [9.17, 15) is 9.90 Å². The molecular weight excluding hydrogens is 328 g/mol. The summed E-state index contributed by atoms with van der Waals surface area (Å²) in [4.78, 5) is 12.4. The summed E-state index contributed by atoms with van der Waals surface area (Å²) in [6.45, 7) is 4.23. The van der Waals surface area contributed by atoms with E-state index in [1.54, 1.807) is 0 Å². The second kappa shape index (κ2) is 5.59. The molecule has 1 aliphatic heterocycles. The highest BCUT2D eigenvalue weighted by Gasteiger charge is 2.44. The lowest BCUT2D eigenvalue weighted by atomic mass is 9.73. The predicted molar refractivity (Wildman–Crippen MR) is 99.8 cm³/mol. The Kier molecular flexibility index (Phi) is 3.52. The first kappa shape index (κ1) is 16.4. The van der Waals surface area contributed by atoms with Crippen molar-refractivity contribution in [1.29, 1.82) is 0 Å². The minimum absolute atomic E-state index is 0.203. The first-order valence-corrected chi connectivity index (χ1v) is 9.96. The van der Waals surface area contributed by atoms with Gasteiger partial charge in [0.2, 0.25) is 0 Å². The summed E-state index contributed by atoms with van der Waals surface area (Å²) in [6.07, 6.45) is 7.18. The molecule has 5 rings (SSSR count). The zero-order valence-electron chi connectivity index (χ0n) is 15.6. The number of aliphatic hydroxyl groups excluding tert-OH is 1. The molecule has 1 aromatic carbocycles. The van der Waals surface area contributed by atoms with Crippen LogP contribution in [-0.4, -0.2) is 10.7 Å². The van der Waals surface area contributed by atoms with E-state index in [4.69, 9.17) is 9.15 Å². The summed E-state index contributed by atoms with van der Waals surface area (Å²) in [6, 6.07) is 2.02. The van der Waals surface area contributed by atoms with Crippen LogP contribution >= 0.6 is 0 Å². The van der Waals surface area contributed by atoms with Gasteiger partial charge in [-0.05, 0) is 63.0 Å². The Morgan fingerprint density at radius 3 is 2.81 bits per heavy atom. The molecule has 4 heteroatoms. The minimum atomic E-state index is -0.517. The number of fused-ring (bicyclic) bond motifs is 4. The van der Waals surface area contributed by atoms with Crippen molar-refractivity contribution in [2.75, 3.05) is 0 Å². The van der Waals surface area contributed by atoms with Crippen LogP contribution in [0.3, 0.4) is 0 Å². The van der Waals surface area contributed by atoms with Gasteiger partial charge in [0.15, 0.2) is 0 Å². The average molecular weight is 354 g/mol. The summed E-state index contributed by atoms with van der Waals surface area (Å²) >= 11 is 0. The largest absolute Gasteiger partial charge is 0.486 e. The molecule has 2 heterocycles. The van der Waals surface area contributed by atoms with Crippen LogP contribution in [-0.2, 0) is 12.8 Å². The third kappa shape index (κ3) is 2.27. The molecule has 1 fully saturated rings. The lowest BCUT2D eigenvalue weighted by molar-refractivity contribution is -0.0499. The van der Waals surface area contributed by atoms with Gasteiger partial charge in [-0.2, -0.15) is 0 Å². The molecule has 1 aromatic heterocycles. The third-order valence-electron chi connectivity index (χ3n) is 6.76. The zero-order valence-corrected chi connectivity index (χ0v) is 15.6. The van der Waals surface area contributed by atoms with Gasteiger partial charge >= 0.3 is 5.63 Å². The smallest absolute Gasteiger partial charge is 0.339 e. The molecule has 1 N–H and O–H groups in total. The maximum atomic E-state index is 12.4. The van der Waals surface area contributed by atoms with E-state index >= 15 is 0 Å². The van der Waals surface area contributed by atoms with Gasteiger partial charge in [0.25, 0.3) is 0 Å². The number of hydrogen-bond acceptors (Lipinski definition) is 4. The molecule has 3 aliphatic rings. The molecule has 2 aromatic rings. The SMILES string of the molecule is Cc1c2c(cc3c4c(c(=O)oc13)CCC4)C(O)C[C@]1(CCCC(C)C1)O2. The number of aliphatic hydroxyl groups is 1. The highest BCUT2D eigenvalue weighted by Crippen LogP contribution is 2.50. The number of ether oxygens (including phenoxy) is 1. The van der Waals surface area contributed by atoms with Gasteiger partial charge in [0, 0.05) is 28.5 Å². The molecule has 2 unspecified atom stereocenters. The van der Waals surface area contributed by atoms with Gasteiger partial charge in [0.1, 0.15) is 16.9 Å². The molecule has 1 saturated carbocycles. The number of benzene rings is 1. The van der Waals surface area contributed by atoms with E-state index in [1.165, 1.54) is 6.42 Å². The van der Waals surface area contributed by atoms with Crippen molar-refractivity contribution in [2.24, 2.45) is 5.92 Å². The summed E-state index contributed by atoms with van der Waals surface area (Å²) < 4.78 is 12.3. The Hall–Kier alpha value is -1.81. The summed E-state index contributed by atoms with van der Waals surface area (Å²) in [5.74, 6) is 1.35. The van der Waals surface area contributed by atoms with Crippen molar-refractivity contribution in [3.05, 3.63) is 38.7 Å². The molecule has 0 bridgehead atoms. The molecule has 0 saturated heterocycles. The van der Waals surface area contributed by atoms with Crippen LogP contribution in [0.15, 0.2) is 15.3 Å². The molecule has 2 aliphatic carbocycles. The fourth-order valence-corrected chi connectivity index (χ4v) is 5.58. The van der Waals surface area contributed by atoms with Gasteiger partial charge in [-0.15, -0.1) is 0 Å². The highest BCUT2D eigenvalue weighted by atomic mass is 16.5. The topological polar surface area (TPSA) is 59.7 Å². The van der Waals surface area contributed by atoms with Crippen molar-refractivity contribution in [3.8, 4) is 5.75 Å². The fourth-order valence-electron chi connectivity index (χ4n) is 5.58. The van der Waals surface area contributed by atoms with Crippen LogP contribution in [0, 0.1) is 12.8 Å². The van der Waals surface area contributed by atoms with Crippen LogP contribution in [0.2, 0.25) is 0 Å². The Labute approximate surface area is 153 Å². The van der Waals surface area contributed by atoms with E-state index in [1.807, 2.05) is 13.0 Å². The van der Waals surface area contributed by atoms with Crippen LogP contribution in [0.1, 0.15) is 73.8 Å². The van der Waals surface area contributed by atoms with Crippen LogP contribution in [0.25, 0.3) is 11.0 Å². The molecule has 1 spiro atoms. The molecular formula is C22H26O4. The summed E-state index contributed by atoms with van der Waals surface area (Å²) in [5, 5.41) is 12.0. The Balaban J connectivity index is 1.71. The zero-order chi connectivity index (χ0) is 18.1. The lowest BCUT2D eigenvalue weighted by Crippen LogP contribution is -2.44. The number of aryl methyl sites for hydroxylation is 2. The summed E-state index contributed by atoms with van der Waals surface area (Å²) in [5.41, 5.74) is 3.82. The van der Waals surface area contributed by atoms with Crippen molar-refractivity contribution in [3.63, 3.8) is 0 Å². The first-order chi connectivity index (χ1) is 12.5. The predicted octanol–water partition coefficient (Wildman–Crippen LogP) is 4.35. The first-order valence-electron chi connectivity index (χ1n) is 9.96. The van der Waals surface area contributed by atoms with Crippen molar-refractivity contribution < 1.29 is 14.3 Å². The van der Waals surface area contributed by atoms with Crippen molar-refractivity contribution in [2.45, 2.75) is 76.9 Å². The van der Waals surface area contributed by atoms with Gasteiger partial charge in [-0.3, -0.25) is 0 Å². The lowest BCUT2D eigenvalue weighted by Gasteiger charge is -2.45. The second-order valence-electron chi connectivity index (χ2n) is 8.70. The highest BCUT2D eigenvalue weighted by molar-refractivity contribution is 5.88. The third-order valence-corrected chi connectivity index (χ3v) is 6.76. The normalized spacial score (nSPS) is 30.3. The monoisotopic (exact) mass is 354 g/mol. The Morgan fingerprint density at radius 1 is 1.19 bits per heavy atom. The summed E-state index contributed by atoms with van der Waals surface area (Å²) in [7, 11) is 0. The maximum absolute atomic E-state index is 12.4. The van der Waals surface area contributed by atoms with Gasteiger partial charge < -0.3 is 14.3 Å². The van der Waals surface area contributed by atoms with Crippen LogP contribution in [0.4, 0.5) is 0 Å². The van der Waals surface area contributed by atoms with E-state index in [-0.39, 0.29) is 11.2 Å². The van der Waals surface area contributed by atoms with Crippen molar-refractivity contribution in [1.82, 2.24) is 0 Å².